The molecule has 23 heavy (non-hydrogen) atoms. The summed E-state index contributed by atoms with van der Waals surface area (Å²) in [7, 11) is -3.11. The standard InChI is InChI=1S/C14H20N6O2S/c1-10-8-13(20-14(17-10)15-9-16-20)19-6-4-11(5-7-19)18-23(21,22)12-2-3-12/h8-9,11-12,18H,2-7H2,1H3. The van der Waals surface area contributed by atoms with Gasteiger partial charge < -0.3 is 4.90 Å². The van der Waals surface area contributed by atoms with Crippen LogP contribution in [-0.4, -0.2) is 52.4 Å². The number of nitrogens with one attached hydrogen (secondary N) is 1. The number of anilines is 1. The number of aryl methyl sites for hydroxylation is 1. The van der Waals surface area contributed by atoms with Gasteiger partial charge in [0.15, 0.2) is 0 Å². The lowest BCUT2D eigenvalue weighted by Crippen LogP contribution is -2.46. The molecule has 1 saturated heterocycles. The summed E-state index contributed by atoms with van der Waals surface area (Å²) in [5, 5.41) is 4.08. The van der Waals surface area contributed by atoms with Gasteiger partial charge in [-0.3, -0.25) is 0 Å². The van der Waals surface area contributed by atoms with Crippen molar-refractivity contribution in [1.29, 1.82) is 0 Å². The third-order valence-corrected chi connectivity index (χ3v) is 6.49. The molecule has 124 valence electrons. The van der Waals surface area contributed by atoms with E-state index in [1.165, 1.54) is 6.33 Å². The van der Waals surface area contributed by atoms with Crippen LogP contribution in [0.2, 0.25) is 0 Å². The number of nitrogens with zero attached hydrogens (tertiary/aromatic N) is 5. The molecule has 0 unspecified atom stereocenters. The van der Waals surface area contributed by atoms with Crippen molar-refractivity contribution < 1.29 is 8.42 Å². The maximum Gasteiger partial charge on any atom is 0.254 e. The Morgan fingerprint density at radius 3 is 2.65 bits per heavy atom. The zero-order chi connectivity index (χ0) is 16.0. The highest BCUT2D eigenvalue weighted by Gasteiger charge is 2.37. The summed E-state index contributed by atoms with van der Waals surface area (Å²) in [4.78, 5) is 10.7. The Morgan fingerprint density at radius 2 is 1.96 bits per heavy atom. The number of rotatable bonds is 4. The minimum atomic E-state index is -3.11. The Morgan fingerprint density at radius 1 is 1.22 bits per heavy atom. The number of hydrogen-bond donors (Lipinski definition) is 1. The lowest BCUT2D eigenvalue weighted by molar-refractivity contribution is 0.456. The van der Waals surface area contributed by atoms with Crippen LogP contribution < -0.4 is 9.62 Å². The van der Waals surface area contributed by atoms with Gasteiger partial charge in [-0.2, -0.15) is 14.6 Å². The summed E-state index contributed by atoms with van der Waals surface area (Å²) in [5.74, 6) is 1.56. The van der Waals surface area contributed by atoms with Crippen LogP contribution in [-0.2, 0) is 10.0 Å². The molecule has 1 N–H and O–H groups in total. The normalized spacial score (nSPS) is 20.3. The van der Waals surface area contributed by atoms with Crippen molar-refractivity contribution in [3.8, 4) is 0 Å². The predicted molar refractivity (Wildman–Crippen MR) is 85.8 cm³/mol. The van der Waals surface area contributed by atoms with Gasteiger partial charge in [0, 0.05) is 30.9 Å². The smallest absolute Gasteiger partial charge is 0.254 e. The molecular weight excluding hydrogens is 316 g/mol. The van der Waals surface area contributed by atoms with Gasteiger partial charge in [0.2, 0.25) is 10.0 Å². The number of fused-ring (bicyclic) bond motifs is 1. The summed E-state index contributed by atoms with van der Waals surface area (Å²) in [6.45, 7) is 3.52. The first kappa shape index (κ1) is 14.8. The van der Waals surface area contributed by atoms with Crippen LogP contribution in [0.5, 0.6) is 0 Å². The van der Waals surface area contributed by atoms with Crippen molar-refractivity contribution in [2.45, 2.75) is 43.9 Å². The van der Waals surface area contributed by atoms with Gasteiger partial charge in [-0.15, -0.1) is 0 Å². The highest BCUT2D eigenvalue weighted by molar-refractivity contribution is 7.90. The Kier molecular flexibility index (Phi) is 3.49. The Bertz CT molecular complexity index is 821. The van der Waals surface area contributed by atoms with Crippen LogP contribution in [0.1, 0.15) is 31.4 Å². The predicted octanol–water partition coefficient (Wildman–Crippen LogP) is 0.483. The fourth-order valence-corrected chi connectivity index (χ4v) is 4.72. The maximum absolute atomic E-state index is 12.0. The average molecular weight is 336 g/mol. The Balaban J connectivity index is 1.47. The van der Waals surface area contributed by atoms with Crippen molar-refractivity contribution in [2.75, 3.05) is 18.0 Å². The Hall–Kier alpha value is -1.74. The van der Waals surface area contributed by atoms with E-state index in [-0.39, 0.29) is 11.3 Å². The van der Waals surface area contributed by atoms with Crippen molar-refractivity contribution in [2.24, 2.45) is 0 Å². The minimum Gasteiger partial charge on any atom is -0.356 e. The van der Waals surface area contributed by atoms with Gasteiger partial charge in [-0.25, -0.2) is 18.1 Å². The second-order valence-corrected chi connectivity index (χ2v) is 8.34. The molecule has 2 aromatic heterocycles. The summed E-state index contributed by atoms with van der Waals surface area (Å²) < 4.78 is 28.7. The first-order valence-corrected chi connectivity index (χ1v) is 9.51. The molecular formula is C14H20N6O2S. The molecule has 1 aliphatic carbocycles. The largest absolute Gasteiger partial charge is 0.356 e. The van der Waals surface area contributed by atoms with Crippen molar-refractivity contribution in [3.05, 3.63) is 18.1 Å². The van der Waals surface area contributed by atoms with E-state index in [9.17, 15) is 8.42 Å². The molecule has 9 heteroatoms. The fourth-order valence-electron chi connectivity index (χ4n) is 3.07. The number of sulfonamides is 1. The summed E-state index contributed by atoms with van der Waals surface area (Å²) in [6.07, 6.45) is 4.69. The van der Waals surface area contributed by atoms with Gasteiger partial charge in [0.25, 0.3) is 5.78 Å². The minimum absolute atomic E-state index is 0.0334. The molecule has 2 aliphatic rings. The van der Waals surface area contributed by atoms with Crippen molar-refractivity contribution in [1.82, 2.24) is 24.3 Å². The Labute approximate surface area is 135 Å². The average Bonchev–Trinajstić information content (AvgIpc) is 3.27. The van der Waals surface area contributed by atoms with E-state index < -0.39 is 10.0 Å². The maximum atomic E-state index is 12.0. The summed E-state index contributed by atoms with van der Waals surface area (Å²) >= 11 is 0. The van der Waals surface area contributed by atoms with E-state index in [2.05, 4.69) is 24.7 Å². The van der Waals surface area contributed by atoms with E-state index >= 15 is 0 Å². The molecule has 3 heterocycles. The lowest BCUT2D eigenvalue weighted by Gasteiger charge is -2.33. The topological polar surface area (TPSA) is 92.5 Å². The first-order valence-electron chi connectivity index (χ1n) is 7.96. The van der Waals surface area contributed by atoms with E-state index in [0.717, 1.165) is 50.3 Å². The van der Waals surface area contributed by atoms with Crippen LogP contribution >= 0.6 is 0 Å². The summed E-state index contributed by atoms with van der Waals surface area (Å²) in [5.41, 5.74) is 0.900. The third kappa shape index (κ3) is 2.90. The van der Waals surface area contributed by atoms with Gasteiger partial charge >= 0.3 is 0 Å². The van der Waals surface area contributed by atoms with E-state index in [0.29, 0.717) is 5.78 Å². The highest BCUT2D eigenvalue weighted by Crippen LogP contribution is 2.29. The fraction of sp³-hybridized carbons (Fsp3) is 0.643. The van der Waals surface area contributed by atoms with E-state index in [1.807, 2.05) is 13.0 Å². The molecule has 0 atom stereocenters. The zero-order valence-corrected chi connectivity index (χ0v) is 13.8. The SMILES string of the molecule is Cc1cc(N2CCC(NS(=O)(=O)C3CC3)CC2)n2ncnc2n1. The van der Waals surface area contributed by atoms with Gasteiger partial charge in [0.05, 0.1) is 5.25 Å². The quantitative estimate of drug-likeness (QED) is 0.873. The molecule has 0 spiro atoms. The molecule has 0 bridgehead atoms. The number of aromatic nitrogens is 4. The monoisotopic (exact) mass is 336 g/mol. The van der Waals surface area contributed by atoms with Crippen LogP contribution in [0.4, 0.5) is 5.82 Å². The molecule has 1 aliphatic heterocycles. The van der Waals surface area contributed by atoms with Crippen LogP contribution in [0.25, 0.3) is 5.78 Å². The van der Waals surface area contributed by atoms with Gasteiger partial charge in [-0.05, 0) is 32.6 Å². The zero-order valence-electron chi connectivity index (χ0n) is 13.0. The molecule has 2 aromatic rings. The number of piperidine rings is 1. The molecule has 0 aromatic carbocycles. The number of hydrogen-bond acceptors (Lipinski definition) is 6. The van der Waals surface area contributed by atoms with E-state index in [4.69, 9.17) is 0 Å². The van der Waals surface area contributed by atoms with Crippen LogP contribution in [0, 0.1) is 6.92 Å². The highest BCUT2D eigenvalue weighted by atomic mass is 32.2. The summed E-state index contributed by atoms with van der Waals surface area (Å²) in [6, 6.07) is 2.03. The van der Waals surface area contributed by atoms with Crippen LogP contribution in [0.3, 0.4) is 0 Å². The van der Waals surface area contributed by atoms with E-state index in [1.54, 1.807) is 4.52 Å². The lowest BCUT2D eigenvalue weighted by atomic mass is 10.1. The molecule has 4 rings (SSSR count). The molecule has 0 amide bonds. The van der Waals surface area contributed by atoms with Gasteiger partial charge in [-0.1, -0.05) is 0 Å². The molecule has 1 saturated carbocycles. The molecule has 0 radical (unpaired) electrons. The molecule has 8 nitrogen and oxygen atoms in total. The third-order valence-electron chi connectivity index (χ3n) is 4.47. The molecule has 2 fully saturated rings. The second kappa shape index (κ2) is 5.41. The van der Waals surface area contributed by atoms with Gasteiger partial charge in [0.1, 0.15) is 12.1 Å². The second-order valence-electron chi connectivity index (χ2n) is 6.35. The van der Waals surface area contributed by atoms with Crippen molar-refractivity contribution in [3.63, 3.8) is 0 Å². The first-order chi connectivity index (χ1) is 11.0. The van der Waals surface area contributed by atoms with Crippen molar-refractivity contribution >= 4 is 21.6 Å². The van der Waals surface area contributed by atoms with Crippen LogP contribution in [0.15, 0.2) is 12.4 Å².